The SMILES string of the molecule is COC(=O)c1cc(CNOC2CCCC2)oc1C. The highest BCUT2D eigenvalue weighted by Crippen LogP contribution is 2.20. The average Bonchev–Trinajstić information content (AvgIpc) is 2.98. The molecular formula is C13H19NO4. The van der Waals surface area contributed by atoms with Crippen LogP contribution in [0.25, 0.3) is 0 Å². The van der Waals surface area contributed by atoms with Crippen molar-refractivity contribution in [2.24, 2.45) is 0 Å². The van der Waals surface area contributed by atoms with Gasteiger partial charge < -0.3 is 9.15 Å². The van der Waals surface area contributed by atoms with E-state index in [1.807, 2.05) is 0 Å². The van der Waals surface area contributed by atoms with Crippen molar-refractivity contribution >= 4 is 5.97 Å². The van der Waals surface area contributed by atoms with Crippen LogP contribution in [-0.2, 0) is 16.1 Å². The van der Waals surface area contributed by atoms with Crippen LogP contribution in [-0.4, -0.2) is 19.2 Å². The first kappa shape index (κ1) is 13.1. The van der Waals surface area contributed by atoms with Gasteiger partial charge in [-0.3, -0.25) is 4.84 Å². The second-order valence-corrected chi connectivity index (χ2v) is 4.52. The van der Waals surface area contributed by atoms with Gasteiger partial charge in [0.2, 0.25) is 0 Å². The second kappa shape index (κ2) is 6.02. The molecule has 1 saturated carbocycles. The fraction of sp³-hybridized carbons (Fsp3) is 0.615. The second-order valence-electron chi connectivity index (χ2n) is 4.52. The lowest BCUT2D eigenvalue weighted by atomic mass is 10.2. The van der Waals surface area contributed by atoms with Gasteiger partial charge >= 0.3 is 5.97 Å². The van der Waals surface area contributed by atoms with Crippen LogP contribution in [0.15, 0.2) is 10.5 Å². The van der Waals surface area contributed by atoms with Crippen molar-refractivity contribution in [3.63, 3.8) is 0 Å². The van der Waals surface area contributed by atoms with Gasteiger partial charge in [-0.2, -0.15) is 5.48 Å². The van der Waals surface area contributed by atoms with Gasteiger partial charge in [0.15, 0.2) is 0 Å². The van der Waals surface area contributed by atoms with Crippen LogP contribution in [0.5, 0.6) is 0 Å². The maximum absolute atomic E-state index is 11.4. The number of furan rings is 1. The van der Waals surface area contributed by atoms with Crippen LogP contribution in [0.2, 0.25) is 0 Å². The Morgan fingerprint density at radius 3 is 2.89 bits per heavy atom. The summed E-state index contributed by atoms with van der Waals surface area (Å²) in [6.07, 6.45) is 4.99. The standard InChI is InChI=1S/C13H19NO4/c1-9-12(13(15)16-2)7-11(17-9)8-14-18-10-5-3-4-6-10/h7,10,14H,3-6,8H2,1-2H3. The van der Waals surface area contributed by atoms with E-state index in [9.17, 15) is 4.79 Å². The molecule has 2 rings (SSSR count). The van der Waals surface area contributed by atoms with Crippen LogP contribution in [0.1, 0.15) is 47.6 Å². The minimum atomic E-state index is -0.376. The lowest BCUT2D eigenvalue weighted by Crippen LogP contribution is -2.21. The maximum atomic E-state index is 11.4. The summed E-state index contributed by atoms with van der Waals surface area (Å²) in [7, 11) is 1.36. The average molecular weight is 253 g/mol. The van der Waals surface area contributed by atoms with Gasteiger partial charge in [0, 0.05) is 0 Å². The predicted octanol–water partition coefficient (Wildman–Crippen LogP) is 2.34. The number of methoxy groups -OCH3 is 1. The van der Waals surface area contributed by atoms with E-state index in [4.69, 9.17) is 9.25 Å². The quantitative estimate of drug-likeness (QED) is 0.644. The number of hydrogen-bond donors (Lipinski definition) is 1. The Morgan fingerprint density at radius 1 is 1.50 bits per heavy atom. The van der Waals surface area contributed by atoms with Crippen molar-refractivity contribution in [2.75, 3.05) is 7.11 Å². The van der Waals surface area contributed by atoms with E-state index in [1.54, 1.807) is 13.0 Å². The van der Waals surface area contributed by atoms with Crippen molar-refractivity contribution in [3.8, 4) is 0 Å². The van der Waals surface area contributed by atoms with E-state index in [-0.39, 0.29) is 5.97 Å². The molecule has 0 aromatic carbocycles. The maximum Gasteiger partial charge on any atom is 0.341 e. The zero-order valence-electron chi connectivity index (χ0n) is 10.8. The Labute approximate surface area is 106 Å². The lowest BCUT2D eigenvalue weighted by Gasteiger charge is -2.10. The molecule has 0 radical (unpaired) electrons. The topological polar surface area (TPSA) is 60.7 Å². The van der Waals surface area contributed by atoms with Crippen molar-refractivity contribution < 1.29 is 18.8 Å². The Balaban J connectivity index is 1.83. The van der Waals surface area contributed by atoms with E-state index in [1.165, 1.54) is 20.0 Å². The Morgan fingerprint density at radius 2 is 2.22 bits per heavy atom. The van der Waals surface area contributed by atoms with Gasteiger partial charge in [-0.05, 0) is 25.8 Å². The summed E-state index contributed by atoms with van der Waals surface area (Å²) >= 11 is 0. The van der Waals surface area contributed by atoms with Crippen LogP contribution in [0, 0.1) is 6.92 Å². The largest absolute Gasteiger partial charge is 0.465 e. The van der Waals surface area contributed by atoms with Crippen molar-refractivity contribution in [3.05, 3.63) is 23.2 Å². The normalized spacial score (nSPS) is 16.1. The van der Waals surface area contributed by atoms with E-state index < -0.39 is 0 Å². The molecule has 1 fully saturated rings. The highest BCUT2D eigenvalue weighted by molar-refractivity contribution is 5.90. The van der Waals surface area contributed by atoms with E-state index in [0.717, 1.165) is 12.8 Å². The summed E-state index contributed by atoms with van der Waals surface area (Å²) in [5.74, 6) is 0.865. The Kier molecular flexibility index (Phi) is 4.38. The fourth-order valence-corrected chi connectivity index (χ4v) is 2.18. The zero-order valence-corrected chi connectivity index (χ0v) is 10.8. The summed E-state index contributed by atoms with van der Waals surface area (Å²) in [5.41, 5.74) is 3.36. The van der Waals surface area contributed by atoms with Gasteiger partial charge in [-0.25, -0.2) is 4.79 Å². The molecule has 0 atom stereocenters. The van der Waals surface area contributed by atoms with Gasteiger partial charge in [-0.1, -0.05) is 12.8 Å². The lowest BCUT2D eigenvalue weighted by molar-refractivity contribution is -0.0268. The van der Waals surface area contributed by atoms with Crippen LogP contribution in [0.4, 0.5) is 0 Å². The molecule has 0 spiro atoms. The number of aryl methyl sites for hydroxylation is 1. The predicted molar refractivity (Wildman–Crippen MR) is 65.0 cm³/mol. The van der Waals surface area contributed by atoms with Crippen LogP contribution >= 0.6 is 0 Å². The fourth-order valence-electron chi connectivity index (χ4n) is 2.18. The molecule has 0 saturated heterocycles. The van der Waals surface area contributed by atoms with Gasteiger partial charge in [0.05, 0.1) is 19.8 Å². The molecule has 18 heavy (non-hydrogen) atoms. The molecular weight excluding hydrogens is 234 g/mol. The van der Waals surface area contributed by atoms with Crippen LogP contribution < -0.4 is 5.48 Å². The third kappa shape index (κ3) is 3.11. The molecule has 1 aromatic heterocycles. The first-order valence-electron chi connectivity index (χ1n) is 6.27. The number of carbonyl (C=O) groups excluding carboxylic acids is 1. The van der Waals surface area contributed by atoms with Gasteiger partial charge in [0.25, 0.3) is 0 Å². The third-order valence-electron chi connectivity index (χ3n) is 3.17. The van der Waals surface area contributed by atoms with Gasteiger partial charge in [0.1, 0.15) is 17.1 Å². The highest BCUT2D eigenvalue weighted by Gasteiger charge is 2.17. The molecule has 1 aliphatic rings. The van der Waals surface area contributed by atoms with Gasteiger partial charge in [-0.15, -0.1) is 0 Å². The van der Waals surface area contributed by atoms with Crippen molar-refractivity contribution in [1.29, 1.82) is 0 Å². The Bertz CT molecular complexity index is 407. The van der Waals surface area contributed by atoms with Crippen LogP contribution in [0.3, 0.4) is 0 Å². The van der Waals surface area contributed by atoms with Crippen molar-refractivity contribution in [2.45, 2.75) is 45.3 Å². The molecule has 5 heteroatoms. The number of esters is 1. The number of rotatable bonds is 5. The number of ether oxygens (including phenoxy) is 1. The number of hydroxylamine groups is 1. The minimum absolute atomic E-state index is 0.307. The summed E-state index contributed by atoms with van der Waals surface area (Å²) in [5, 5.41) is 0. The smallest absolute Gasteiger partial charge is 0.341 e. The number of nitrogens with one attached hydrogen (secondary N) is 1. The van der Waals surface area contributed by atoms with E-state index in [2.05, 4.69) is 10.2 Å². The highest BCUT2D eigenvalue weighted by atomic mass is 16.7. The zero-order chi connectivity index (χ0) is 13.0. The molecule has 1 aromatic rings. The Hall–Kier alpha value is -1.33. The summed E-state index contributed by atoms with van der Waals surface area (Å²) < 4.78 is 10.1. The first-order valence-corrected chi connectivity index (χ1v) is 6.27. The molecule has 1 aliphatic carbocycles. The molecule has 0 unspecified atom stereocenters. The summed E-state index contributed by atoms with van der Waals surface area (Å²) in [6, 6.07) is 1.69. The van der Waals surface area contributed by atoms with Crippen molar-refractivity contribution in [1.82, 2.24) is 5.48 Å². The minimum Gasteiger partial charge on any atom is -0.465 e. The monoisotopic (exact) mass is 253 g/mol. The summed E-state index contributed by atoms with van der Waals surface area (Å²) in [4.78, 5) is 16.9. The number of hydrogen-bond acceptors (Lipinski definition) is 5. The molecule has 0 bridgehead atoms. The molecule has 5 nitrogen and oxygen atoms in total. The third-order valence-corrected chi connectivity index (χ3v) is 3.17. The first-order chi connectivity index (χ1) is 8.70. The number of carbonyl (C=O) groups is 1. The van der Waals surface area contributed by atoms with E-state index >= 15 is 0 Å². The molecule has 1 heterocycles. The molecule has 100 valence electrons. The molecule has 0 amide bonds. The molecule has 1 N–H and O–H groups in total. The molecule has 0 aliphatic heterocycles. The summed E-state index contributed by atoms with van der Waals surface area (Å²) in [6.45, 7) is 2.20. The van der Waals surface area contributed by atoms with E-state index in [0.29, 0.717) is 29.7 Å².